The van der Waals surface area contributed by atoms with Crippen molar-refractivity contribution in [2.75, 3.05) is 53.1 Å². The Morgan fingerprint density at radius 2 is 2.03 bits per heavy atom. The molecular weight excluding hydrogens is 376 g/mol. The predicted octanol–water partition coefficient (Wildman–Crippen LogP) is 2.69. The smallest absolute Gasteiger partial charge is 0.119 e. The normalized spacial score (nSPS) is 33.2. The van der Waals surface area contributed by atoms with Crippen LogP contribution in [0.15, 0.2) is 18.2 Å². The largest absolute Gasteiger partial charge is 0.497 e. The predicted molar refractivity (Wildman–Crippen MR) is 118 cm³/mol. The number of benzene rings is 1. The number of ether oxygens (including phenoxy) is 2. The second-order valence-corrected chi connectivity index (χ2v) is 10.1. The molecule has 2 aliphatic carbocycles. The molecule has 0 radical (unpaired) electrons. The third-order valence-electron chi connectivity index (χ3n) is 8.61. The maximum absolute atomic E-state index is 10.4. The van der Waals surface area contributed by atoms with Crippen molar-refractivity contribution in [3.05, 3.63) is 29.3 Å². The summed E-state index contributed by atoms with van der Waals surface area (Å²) in [5.74, 6) is 2.48. The van der Waals surface area contributed by atoms with Gasteiger partial charge in [0, 0.05) is 37.1 Å². The molecule has 2 heterocycles. The lowest BCUT2D eigenvalue weighted by Crippen LogP contribution is -2.61. The molecule has 0 aromatic heterocycles. The van der Waals surface area contributed by atoms with Crippen LogP contribution in [0.3, 0.4) is 0 Å². The second-order valence-electron chi connectivity index (χ2n) is 10.1. The minimum absolute atomic E-state index is 0.110. The highest BCUT2D eigenvalue weighted by Gasteiger charge is 2.52. The summed E-state index contributed by atoms with van der Waals surface area (Å²) in [6, 6.07) is 7.57. The number of likely N-dealkylation sites (tertiary alicyclic amines) is 1. The lowest BCUT2D eigenvalue weighted by Gasteiger charge is -2.57. The van der Waals surface area contributed by atoms with Crippen molar-refractivity contribution >= 4 is 0 Å². The number of morpholine rings is 1. The SMILES string of the molecule is COc1ccc2c(c1)C1(CC(CO)N3CCOCC3)CCN(CC3CC3)C(C2)C1C. The molecule has 2 aliphatic heterocycles. The van der Waals surface area contributed by atoms with E-state index >= 15 is 0 Å². The number of aliphatic hydroxyl groups excluding tert-OH is 1. The number of hydrogen-bond acceptors (Lipinski definition) is 5. The van der Waals surface area contributed by atoms with Crippen LogP contribution in [0.5, 0.6) is 5.75 Å². The molecule has 1 N–H and O–H groups in total. The van der Waals surface area contributed by atoms with Crippen molar-refractivity contribution in [3.63, 3.8) is 0 Å². The van der Waals surface area contributed by atoms with Crippen LogP contribution >= 0.6 is 0 Å². The van der Waals surface area contributed by atoms with Crippen molar-refractivity contribution in [2.45, 2.75) is 56.5 Å². The van der Waals surface area contributed by atoms with Crippen molar-refractivity contribution < 1.29 is 14.6 Å². The third kappa shape index (κ3) is 3.68. The van der Waals surface area contributed by atoms with Crippen molar-refractivity contribution in [2.24, 2.45) is 11.8 Å². The number of piperidine rings is 1. The summed E-state index contributed by atoms with van der Waals surface area (Å²) in [7, 11) is 1.77. The molecule has 4 aliphatic rings. The summed E-state index contributed by atoms with van der Waals surface area (Å²) >= 11 is 0. The van der Waals surface area contributed by atoms with E-state index < -0.39 is 0 Å². The number of rotatable bonds is 7. The number of methoxy groups -OCH3 is 1. The van der Waals surface area contributed by atoms with E-state index in [0.29, 0.717) is 12.0 Å². The third-order valence-corrected chi connectivity index (χ3v) is 8.61. The van der Waals surface area contributed by atoms with Gasteiger partial charge in [-0.3, -0.25) is 9.80 Å². The van der Waals surface area contributed by atoms with Crippen LogP contribution in [0, 0.1) is 11.8 Å². The Bertz CT molecular complexity index is 746. The number of hydrogen-bond donors (Lipinski definition) is 1. The van der Waals surface area contributed by atoms with Gasteiger partial charge in [0.05, 0.1) is 26.9 Å². The van der Waals surface area contributed by atoms with E-state index in [-0.39, 0.29) is 18.1 Å². The lowest BCUT2D eigenvalue weighted by molar-refractivity contribution is -0.0319. The molecule has 2 bridgehead atoms. The van der Waals surface area contributed by atoms with Crippen LogP contribution in [0.1, 0.15) is 43.7 Å². The molecule has 1 aromatic carbocycles. The van der Waals surface area contributed by atoms with Crippen LogP contribution in [-0.4, -0.2) is 80.1 Å². The first kappa shape index (κ1) is 20.7. The maximum Gasteiger partial charge on any atom is 0.119 e. The molecule has 2 saturated heterocycles. The summed E-state index contributed by atoms with van der Waals surface area (Å²) in [6.45, 7) is 8.59. The maximum atomic E-state index is 10.4. The Morgan fingerprint density at radius 3 is 2.73 bits per heavy atom. The van der Waals surface area contributed by atoms with Crippen LogP contribution < -0.4 is 4.74 Å². The molecule has 4 atom stereocenters. The molecule has 5 nitrogen and oxygen atoms in total. The van der Waals surface area contributed by atoms with E-state index in [1.807, 2.05) is 0 Å². The highest BCUT2D eigenvalue weighted by Crippen LogP contribution is 2.53. The molecule has 1 aromatic rings. The Kier molecular flexibility index (Phi) is 5.82. The summed E-state index contributed by atoms with van der Waals surface area (Å²) in [5, 5.41) is 10.4. The minimum atomic E-state index is 0.110. The Morgan fingerprint density at radius 1 is 1.23 bits per heavy atom. The molecule has 0 spiro atoms. The zero-order valence-electron chi connectivity index (χ0n) is 18.7. The van der Waals surface area contributed by atoms with Gasteiger partial charge in [-0.15, -0.1) is 0 Å². The molecule has 5 heteroatoms. The van der Waals surface area contributed by atoms with Crippen LogP contribution in [-0.2, 0) is 16.6 Å². The van der Waals surface area contributed by atoms with E-state index in [1.165, 1.54) is 43.5 Å². The van der Waals surface area contributed by atoms with E-state index in [9.17, 15) is 5.11 Å². The topological polar surface area (TPSA) is 45.2 Å². The first-order valence-corrected chi connectivity index (χ1v) is 12.0. The molecule has 1 saturated carbocycles. The molecule has 3 fully saturated rings. The fourth-order valence-corrected chi connectivity index (χ4v) is 6.59. The van der Waals surface area contributed by atoms with Gasteiger partial charge in [-0.2, -0.15) is 0 Å². The van der Waals surface area contributed by atoms with Gasteiger partial charge in [-0.1, -0.05) is 13.0 Å². The Balaban J connectivity index is 1.50. The van der Waals surface area contributed by atoms with E-state index in [4.69, 9.17) is 9.47 Å². The fraction of sp³-hybridized carbons (Fsp3) is 0.760. The van der Waals surface area contributed by atoms with Gasteiger partial charge >= 0.3 is 0 Å². The highest BCUT2D eigenvalue weighted by molar-refractivity contribution is 5.45. The molecule has 4 unspecified atom stereocenters. The van der Waals surface area contributed by atoms with Crippen LogP contribution in [0.25, 0.3) is 0 Å². The standard InChI is InChI=1S/C25H38N2O3/c1-18-24-13-20-5-6-22(29-2)14-23(20)25(18,7-8-27(24)16-19-3-4-19)15-21(17-28)26-9-11-30-12-10-26/h5-6,14,18-19,21,24,28H,3-4,7-13,15-17H2,1-2H3. The summed E-state index contributed by atoms with van der Waals surface area (Å²) in [4.78, 5) is 5.27. The average molecular weight is 415 g/mol. The van der Waals surface area contributed by atoms with E-state index in [2.05, 4.69) is 34.9 Å². The fourth-order valence-electron chi connectivity index (χ4n) is 6.59. The van der Waals surface area contributed by atoms with Gasteiger partial charge in [-0.25, -0.2) is 0 Å². The summed E-state index contributed by atoms with van der Waals surface area (Å²) in [6.07, 6.45) is 6.19. The zero-order chi connectivity index (χ0) is 20.7. The minimum Gasteiger partial charge on any atom is -0.497 e. The van der Waals surface area contributed by atoms with Gasteiger partial charge < -0.3 is 14.6 Å². The quantitative estimate of drug-likeness (QED) is 0.743. The Hall–Kier alpha value is -1.14. The van der Waals surface area contributed by atoms with Crippen molar-refractivity contribution in [1.82, 2.24) is 9.80 Å². The molecular formula is C25H38N2O3. The highest BCUT2D eigenvalue weighted by atomic mass is 16.5. The average Bonchev–Trinajstić information content (AvgIpc) is 3.60. The molecule has 5 rings (SSSR count). The monoisotopic (exact) mass is 414 g/mol. The number of aliphatic hydroxyl groups is 1. The molecule has 30 heavy (non-hydrogen) atoms. The molecule has 0 amide bonds. The van der Waals surface area contributed by atoms with Gasteiger partial charge in [0.15, 0.2) is 0 Å². The van der Waals surface area contributed by atoms with E-state index in [1.54, 1.807) is 7.11 Å². The van der Waals surface area contributed by atoms with Gasteiger partial charge in [0.1, 0.15) is 5.75 Å². The Labute approximate surface area is 181 Å². The zero-order valence-corrected chi connectivity index (χ0v) is 18.7. The summed E-state index contributed by atoms with van der Waals surface area (Å²) < 4.78 is 11.2. The molecule has 166 valence electrons. The van der Waals surface area contributed by atoms with Gasteiger partial charge in [0.25, 0.3) is 0 Å². The first-order chi connectivity index (χ1) is 14.6. The van der Waals surface area contributed by atoms with Gasteiger partial charge in [0.2, 0.25) is 0 Å². The van der Waals surface area contributed by atoms with Crippen molar-refractivity contribution in [3.8, 4) is 5.75 Å². The lowest BCUT2D eigenvalue weighted by atomic mass is 9.55. The number of nitrogens with zero attached hydrogens (tertiary/aromatic N) is 2. The number of fused-ring (bicyclic) bond motifs is 4. The van der Waals surface area contributed by atoms with E-state index in [0.717, 1.165) is 50.8 Å². The second kappa shape index (κ2) is 8.42. The van der Waals surface area contributed by atoms with Crippen molar-refractivity contribution in [1.29, 1.82) is 0 Å². The summed E-state index contributed by atoms with van der Waals surface area (Å²) in [5.41, 5.74) is 3.10. The first-order valence-electron chi connectivity index (χ1n) is 12.0. The van der Waals surface area contributed by atoms with Crippen LogP contribution in [0.4, 0.5) is 0 Å². The van der Waals surface area contributed by atoms with Gasteiger partial charge in [-0.05, 0) is 73.7 Å². The van der Waals surface area contributed by atoms with Crippen LogP contribution in [0.2, 0.25) is 0 Å².